The molecule has 0 radical (unpaired) electrons. The Bertz CT molecular complexity index is 306. The normalized spacial score (nSPS) is 10.4. The SMILES string of the molecule is C/C=C/CNC(=O)Cc1ccccn1. The van der Waals surface area contributed by atoms with Crippen LogP contribution in [0.25, 0.3) is 0 Å². The molecule has 0 aromatic carbocycles. The first kappa shape index (κ1) is 10.4. The number of carbonyl (C=O) groups is 1. The molecule has 3 heteroatoms. The molecule has 0 bridgehead atoms. The zero-order valence-electron chi connectivity index (χ0n) is 8.23. The van der Waals surface area contributed by atoms with E-state index in [1.54, 1.807) is 6.20 Å². The fraction of sp³-hybridized carbons (Fsp3) is 0.273. The Kier molecular flexibility index (Phi) is 4.41. The number of aromatic nitrogens is 1. The lowest BCUT2D eigenvalue weighted by Crippen LogP contribution is -2.25. The highest BCUT2D eigenvalue weighted by Gasteiger charge is 2.01. The molecule has 0 saturated carbocycles. The third kappa shape index (κ3) is 3.85. The van der Waals surface area contributed by atoms with Gasteiger partial charge >= 0.3 is 0 Å². The van der Waals surface area contributed by atoms with Crippen molar-refractivity contribution >= 4 is 5.91 Å². The average Bonchev–Trinajstić information content (AvgIpc) is 2.20. The first-order chi connectivity index (χ1) is 6.83. The fourth-order valence-electron chi connectivity index (χ4n) is 1.02. The van der Waals surface area contributed by atoms with E-state index in [4.69, 9.17) is 0 Å². The van der Waals surface area contributed by atoms with E-state index < -0.39 is 0 Å². The van der Waals surface area contributed by atoms with Gasteiger partial charge in [-0.05, 0) is 19.1 Å². The molecule has 1 heterocycles. The smallest absolute Gasteiger partial charge is 0.226 e. The number of amides is 1. The minimum absolute atomic E-state index is 0.00167. The second kappa shape index (κ2) is 5.91. The van der Waals surface area contributed by atoms with E-state index in [1.807, 2.05) is 37.3 Å². The first-order valence-electron chi connectivity index (χ1n) is 4.60. The van der Waals surface area contributed by atoms with Crippen LogP contribution in [0.15, 0.2) is 36.5 Å². The molecular weight excluding hydrogens is 176 g/mol. The van der Waals surface area contributed by atoms with Crippen LogP contribution >= 0.6 is 0 Å². The summed E-state index contributed by atoms with van der Waals surface area (Å²) in [6, 6.07) is 5.55. The summed E-state index contributed by atoms with van der Waals surface area (Å²) in [6.45, 7) is 2.51. The zero-order valence-corrected chi connectivity index (χ0v) is 8.23. The van der Waals surface area contributed by atoms with Gasteiger partial charge in [0.2, 0.25) is 5.91 Å². The molecule has 0 aliphatic carbocycles. The summed E-state index contributed by atoms with van der Waals surface area (Å²) in [7, 11) is 0. The van der Waals surface area contributed by atoms with Crippen LogP contribution in [-0.4, -0.2) is 17.4 Å². The molecule has 0 spiro atoms. The van der Waals surface area contributed by atoms with E-state index in [0.717, 1.165) is 5.69 Å². The van der Waals surface area contributed by atoms with Gasteiger partial charge in [0.05, 0.1) is 6.42 Å². The van der Waals surface area contributed by atoms with Gasteiger partial charge in [0.15, 0.2) is 0 Å². The summed E-state index contributed by atoms with van der Waals surface area (Å²) in [5.41, 5.74) is 0.797. The van der Waals surface area contributed by atoms with E-state index in [9.17, 15) is 4.79 Å². The van der Waals surface area contributed by atoms with E-state index >= 15 is 0 Å². The molecule has 1 amide bonds. The Hall–Kier alpha value is -1.64. The molecule has 0 unspecified atom stereocenters. The Labute approximate surface area is 83.9 Å². The third-order valence-electron chi connectivity index (χ3n) is 1.72. The molecule has 0 fully saturated rings. The largest absolute Gasteiger partial charge is 0.352 e. The maximum absolute atomic E-state index is 11.3. The van der Waals surface area contributed by atoms with Crippen LogP contribution < -0.4 is 5.32 Å². The molecule has 0 atom stereocenters. The maximum Gasteiger partial charge on any atom is 0.226 e. The maximum atomic E-state index is 11.3. The lowest BCUT2D eigenvalue weighted by molar-refractivity contribution is -0.120. The summed E-state index contributed by atoms with van der Waals surface area (Å²) in [5.74, 6) is 0.00167. The topological polar surface area (TPSA) is 42.0 Å². The van der Waals surface area contributed by atoms with Crippen LogP contribution in [0, 0.1) is 0 Å². The quantitative estimate of drug-likeness (QED) is 0.727. The van der Waals surface area contributed by atoms with Gasteiger partial charge in [0, 0.05) is 18.4 Å². The minimum atomic E-state index is 0.00167. The van der Waals surface area contributed by atoms with Crippen molar-refractivity contribution in [2.75, 3.05) is 6.54 Å². The highest BCUT2D eigenvalue weighted by atomic mass is 16.1. The summed E-state index contributed by atoms with van der Waals surface area (Å²) in [4.78, 5) is 15.4. The first-order valence-corrected chi connectivity index (χ1v) is 4.60. The zero-order chi connectivity index (χ0) is 10.2. The molecule has 74 valence electrons. The van der Waals surface area contributed by atoms with E-state index in [0.29, 0.717) is 13.0 Å². The van der Waals surface area contributed by atoms with Gasteiger partial charge in [-0.25, -0.2) is 0 Å². The summed E-state index contributed by atoms with van der Waals surface area (Å²) < 4.78 is 0. The van der Waals surface area contributed by atoms with Crippen LogP contribution in [0.4, 0.5) is 0 Å². The van der Waals surface area contributed by atoms with Gasteiger partial charge in [-0.3, -0.25) is 9.78 Å². The Morgan fingerprint density at radius 1 is 1.57 bits per heavy atom. The van der Waals surface area contributed by atoms with Gasteiger partial charge in [-0.15, -0.1) is 0 Å². The highest BCUT2D eigenvalue weighted by Crippen LogP contribution is 1.93. The standard InChI is InChI=1S/C11H14N2O/c1-2-3-7-13-11(14)9-10-6-4-5-8-12-10/h2-6,8H,7,9H2,1H3,(H,13,14)/b3-2+. The molecule has 1 aromatic rings. The number of nitrogens with zero attached hydrogens (tertiary/aromatic N) is 1. The predicted octanol–water partition coefficient (Wildman–Crippen LogP) is 1.32. The van der Waals surface area contributed by atoms with Crippen molar-refractivity contribution in [1.82, 2.24) is 10.3 Å². The van der Waals surface area contributed by atoms with Crippen LogP contribution in [0.5, 0.6) is 0 Å². The van der Waals surface area contributed by atoms with Crippen molar-refractivity contribution in [3.63, 3.8) is 0 Å². The second-order valence-corrected chi connectivity index (χ2v) is 2.87. The monoisotopic (exact) mass is 190 g/mol. The molecule has 0 saturated heterocycles. The summed E-state index contributed by atoms with van der Waals surface area (Å²) >= 11 is 0. The van der Waals surface area contributed by atoms with Crippen LogP contribution in [0.2, 0.25) is 0 Å². The number of nitrogens with one attached hydrogen (secondary N) is 1. The Balaban J connectivity index is 2.34. The van der Waals surface area contributed by atoms with E-state index in [-0.39, 0.29) is 5.91 Å². The highest BCUT2D eigenvalue weighted by molar-refractivity contribution is 5.78. The molecule has 14 heavy (non-hydrogen) atoms. The Morgan fingerprint density at radius 2 is 2.43 bits per heavy atom. The number of rotatable bonds is 4. The summed E-state index contributed by atoms with van der Waals surface area (Å²) in [6.07, 6.45) is 5.84. The number of pyridine rings is 1. The van der Waals surface area contributed by atoms with E-state index in [1.165, 1.54) is 0 Å². The molecule has 1 aromatic heterocycles. The Morgan fingerprint density at radius 3 is 3.07 bits per heavy atom. The van der Waals surface area contributed by atoms with Crippen molar-refractivity contribution in [2.24, 2.45) is 0 Å². The minimum Gasteiger partial charge on any atom is -0.352 e. The predicted molar refractivity (Wildman–Crippen MR) is 55.8 cm³/mol. The van der Waals surface area contributed by atoms with Crippen LogP contribution in [-0.2, 0) is 11.2 Å². The van der Waals surface area contributed by atoms with Crippen molar-refractivity contribution in [3.8, 4) is 0 Å². The lowest BCUT2D eigenvalue weighted by Gasteiger charge is -2.00. The van der Waals surface area contributed by atoms with Gasteiger partial charge < -0.3 is 5.32 Å². The molecule has 3 nitrogen and oxygen atoms in total. The van der Waals surface area contributed by atoms with Gasteiger partial charge in [0.25, 0.3) is 0 Å². The van der Waals surface area contributed by atoms with Gasteiger partial charge in [0.1, 0.15) is 0 Å². The number of hydrogen-bond acceptors (Lipinski definition) is 2. The van der Waals surface area contributed by atoms with Crippen molar-refractivity contribution in [2.45, 2.75) is 13.3 Å². The molecule has 1 rings (SSSR count). The number of carbonyl (C=O) groups excluding carboxylic acids is 1. The number of hydrogen-bond donors (Lipinski definition) is 1. The van der Waals surface area contributed by atoms with E-state index in [2.05, 4.69) is 10.3 Å². The average molecular weight is 190 g/mol. The van der Waals surface area contributed by atoms with Crippen molar-refractivity contribution in [1.29, 1.82) is 0 Å². The lowest BCUT2D eigenvalue weighted by atomic mass is 10.2. The molecule has 1 N–H and O–H groups in total. The van der Waals surface area contributed by atoms with Crippen molar-refractivity contribution in [3.05, 3.63) is 42.2 Å². The van der Waals surface area contributed by atoms with Crippen molar-refractivity contribution < 1.29 is 4.79 Å². The fourth-order valence-corrected chi connectivity index (χ4v) is 1.02. The van der Waals surface area contributed by atoms with Gasteiger partial charge in [-0.2, -0.15) is 0 Å². The molecule has 0 aliphatic rings. The molecular formula is C11H14N2O. The van der Waals surface area contributed by atoms with Gasteiger partial charge in [-0.1, -0.05) is 18.2 Å². The van der Waals surface area contributed by atoms with Crippen LogP contribution in [0.1, 0.15) is 12.6 Å². The molecule has 0 aliphatic heterocycles. The third-order valence-corrected chi connectivity index (χ3v) is 1.72. The summed E-state index contributed by atoms with van der Waals surface area (Å²) in [5, 5.41) is 2.77. The van der Waals surface area contributed by atoms with Crippen LogP contribution in [0.3, 0.4) is 0 Å². The second-order valence-electron chi connectivity index (χ2n) is 2.87. The number of allylic oxidation sites excluding steroid dienone is 1.